The summed E-state index contributed by atoms with van der Waals surface area (Å²) in [4.78, 5) is 28.7. The van der Waals surface area contributed by atoms with Gasteiger partial charge in [-0.3, -0.25) is 13.9 Å². The Hall–Kier alpha value is -4.79. The van der Waals surface area contributed by atoms with E-state index in [1.807, 2.05) is 49.4 Å². The SMILES string of the molecule is CCc1nc2c(c(=O)n1Cc1ccc3c(c1)OCO3)c1nc3ccccc3nc1n2-c1cccc(F)c1. The number of hydrogen-bond acceptors (Lipinski definition) is 6. The summed E-state index contributed by atoms with van der Waals surface area (Å²) in [6.45, 7) is 2.43. The molecule has 4 heterocycles. The summed E-state index contributed by atoms with van der Waals surface area (Å²) in [7, 11) is 0. The lowest BCUT2D eigenvalue weighted by molar-refractivity contribution is 0.174. The highest BCUT2D eigenvalue weighted by molar-refractivity contribution is 6.05. The molecule has 6 aromatic rings. The molecule has 37 heavy (non-hydrogen) atoms. The zero-order valence-electron chi connectivity index (χ0n) is 19.8. The lowest BCUT2D eigenvalue weighted by atomic mass is 10.2. The van der Waals surface area contributed by atoms with Gasteiger partial charge in [-0.1, -0.05) is 31.2 Å². The standard InChI is InChI=1S/C28H20FN5O3/c1-2-23-32-26-24(28(35)33(23)14-16-10-11-21-22(12-16)37-15-36-21)25-27(31-20-9-4-3-8-19(20)30-25)34(26)18-7-5-6-17(29)13-18/h3-13H,2,14-15H2,1H3. The highest BCUT2D eigenvalue weighted by Crippen LogP contribution is 2.33. The molecule has 0 bridgehead atoms. The normalized spacial score (nSPS) is 12.7. The van der Waals surface area contributed by atoms with E-state index in [-0.39, 0.29) is 12.4 Å². The lowest BCUT2D eigenvalue weighted by Crippen LogP contribution is -2.26. The lowest BCUT2D eigenvalue weighted by Gasteiger charge is -2.13. The van der Waals surface area contributed by atoms with Gasteiger partial charge in [0.2, 0.25) is 6.79 Å². The van der Waals surface area contributed by atoms with Crippen molar-refractivity contribution in [3.05, 3.63) is 94.3 Å². The first-order chi connectivity index (χ1) is 18.1. The zero-order chi connectivity index (χ0) is 25.1. The second-order valence-corrected chi connectivity index (χ2v) is 8.86. The van der Waals surface area contributed by atoms with Gasteiger partial charge in [0.05, 0.1) is 23.3 Å². The maximum Gasteiger partial charge on any atom is 0.265 e. The van der Waals surface area contributed by atoms with Crippen molar-refractivity contribution in [1.29, 1.82) is 0 Å². The average molecular weight is 493 g/mol. The smallest absolute Gasteiger partial charge is 0.265 e. The van der Waals surface area contributed by atoms with E-state index in [9.17, 15) is 9.18 Å². The van der Waals surface area contributed by atoms with Crippen molar-refractivity contribution < 1.29 is 13.9 Å². The van der Waals surface area contributed by atoms with Crippen molar-refractivity contribution in [1.82, 2.24) is 24.1 Å². The molecule has 0 unspecified atom stereocenters. The van der Waals surface area contributed by atoms with Crippen molar-refractivity contribution in [2.75, 3.05) is 6.79 Å². The predicted octanol–water partition coefficient (Wildman–Crippen LogP) is 4.76. The minimum Gasteiger partial charge on any atom is -0.454 e. The Morgan fingerprint density at radius 1 is 0.892 bits per heavy atom. The van der Waals surface area contributed by atoms with Crippen molar-refractivity contribution >= 4 is 33.2 Å². The molecule has 0 aliphatic carbocycles. The Morgan fingerprint density at radius 3 is 2.51 bits per heavy atom. The molecule has 0 amide bonds. The molecule has 0 N–H and O–H groups in total. The number of para-hydroxylation sites is 2. The van der Waals surface area contributed by atoms with Crippen LogP contribution in [0.4, 0.5) is 4.39 Å². The van der Waals surface area contributed by atoms with E-state index >= 15 is 0 Å². The minimum absolute atomic E-state index is 0.179. The van der Waals surface area contributed by atoms with E-state index in [4.69, 9.17) is 24.4 Å². The van der Waals surface area contributed by atoms with Crippen LogP contribution in [0, 0.1) is 5.82 Å². The van der Waals surface area contributed by atoms with Crippen LogP contribution in [0.15, 0.2) is 71.5 Å². The molecule has 1 aliphatic heterocycles. The van der Waals surface area contributed by atoms with Crippen LogP contribution in [0.2, 0.25) is 0 Å². The van der Waals surface area contributed by atoms with E-state index in [0.29, 0.717) is 69.2 Å². The molecular formula is C28H20FN5O3. The number of rotatable bonds is 4. The topological polar surface area (TPSA) is 84.1 Å². The predicted molar refractivity (Wildman–Crippen MR) is 137 cm³/mol. The maximum atomic E-state index is 14.3. The van der Waals surface area contributed by atoms with Crippen molar-refractivity contribution in [2.45, 2.75) is 19.9 Å². The molecular weight excluding hydrogens is 473 g/mol. The number of halogens is 1. The number of fused-ring (bicyclic) bond motifs is 5. The highest BCUT2D eigenvalue weighted by Gasteiger charge is 2.23. The molecule has 0 saturated heterocycles. The summed E-state index contributed by atoms with van der Waals surface area (Å²) >= 11 is 0. The summed E-state index contributed by atoms with van der Waals surface area (Å²) in [6, 6.07) is 19.3. The van der Waals surface area contributed by atoms with Crippen LogP contribution in [0.1, 0.15) is 18.3 Å². The van der Waals surface area contributed by atoms with Gasteiger partial charge in [-0.15, -0.1) is 0 Å². The van der Waals surface area contributed by atoms with Crippen LogP contribution in [-0.4, -0.2) is 30.9 Å². The molecule has 182 valence electrons. The third-order valence-corrected chi connectivity index (χ3v) is 6.60. The zero-order valence-corrected chi connectivity index (χ0v) is 19.8. The first-order valence-electron chi connectivity index (χ1n) is 12.0. The first-order valence-corrected chi connectivity index (χ1v) is 12.0. The fourth-order valence-electron chi connectivity index (χ4n) is 4.88. The molecule has 0 atom stereocenters. The van der Waals surface area contributed by atoms with E-state index < -0.39 is 5.82 Å². The van der Waals surface area contributed by atoms with Gasteiger partial charge in [0.15, 0.2) is 22.8 Å². The molecule has 0 spiro atoms. The van der Waals surface area contributed by atoms with Crippen LogP contribution in [0.3, 0.4) is 0 Å². The fraction of sp³-hybridized carbons (Fsp3) is 0.143. The molecule has 9 heteroatoms. The Balaban J connectivity index is 1.54. The van der Waals surface area contributed by atoms with Crippen LogP contribution in [0.5, 0.6) is 11.5 Å². The molecule has 1 aliphatic rings. The quantitative estimate of drug-likeness (QED) is 0.352. The van der Waals surface area contributed by atoms with Crippen LogP contribution >= 0.6 is 0 Å². The average Bonchev–Trinajstić information content (AvgIpc) is 3.50. The molecule has 8 nitrogen and oxygen atoms in total. The number of benzene rings is 3. The highest BCUT2D eigenvalue weighted by atomic mass is 19.1. The van der Waals surface area contributed by atoms with Gasteiger partial charge in [0.1, 0.15) is 22.5 Å². The van der Waals surface area contributed by atoms with Gasteiger partial charge in [-0.25, -0.2) is 19.3 Å². The van der Waals surface area contributed by atoms with E-state index in [1.165, 1.54) is 12.1 Å². The largest absolute Gasteiger partial charge is 0.454 e. The third-order valence-electron chi connectivity index (χ3n) is 6.60. The van der Waals surface area contributed by atoms with Gasteiger partial charge in [-0.05, 0) is 48.0 Å². The number of ether oxygens (including phenoxy) is 2. The van der Waals surface area contributed by atoms with Crippen molar-refractivity contribution in [2.24, 2.45) is 0 Å². The molecule has 7 rings (SSSR count). The van der Waals surface area contributed by atoms with Crippen LogP contribution < -0.4 is 15.0 Å². The Kier molecular flexibility index (Phi) is 4.72. The van der Waals surface area contributed by atoms with Gasteiger partial charge < -0.3 is 9.47 Å². The molecule has 0 fully saturated rings. The number of hydrogen-bond donors (Lipinski definition) is 0. The molecule has 0 saturated carbocycles. The monoisotopic (exact) mass is 493 g/mol. The maximum absolute atomic E-state index is 14.3. The second-order valence-electron chi connectivity index (χ2n) is 8.86. The minimum atomic E-state index is -0.395. The molecule has 3 aromatic carbocycles. The van der Waals surface area contributed by atoms with Crippen LogP contribution in [-0.2, 0) is 13.0 Å². The third kappa shape index (κ3) is 3.35. The van der Waals surface area contributed by atoms with Gasteiger partial charge in [0, 0.05) is 6.42 Å². The summed E-state index contributed by atoms with van der Waals surface area (Å²) in [5.74, 6) is 1.53. The summed E-state index contributed by atoms with van der Waals surface area (Å²) in [5, 5.41) is 0.343. The number of nitrogens with zero attached hydrogens (tertiary/aromatic N) is 5. The second kappa shape index (κ2) is 8.12. The van der Waals surface area contributed by atoms with Crippen molar-refractivity contribution in [3.8, 4) is 17.2 Å². The Morgan fingerprint density at radius 2 is 1.70 bits per heavy atom. The van der Waals surface area contributed by atoms with E-state index in [0.717, 1.165) is 5.56 Å². The van der Waals surface area contributed by atoms with Gasteiger partial charge in [-0.2, -0.15) is 0 Å². The van der Waals surface area contributed by atoms with Crippen molar-refractivity contribution in [3.63, 3.8) is 0 Å². The van der Waals surface area contributed by atoms with E-state index in [1.54, 1.807) is 21.3 Å². The fourth-order valence-corrected chi connectivity index (χ4v) is 4.88. The number of aromatic nitrogens is 5. The number of aryl methyl sites for hydroxylation is 1. The molecule has 3 aromatic heterocycles. The summed E-state index contributed by atoms with van der Waals surface area (Å²) in [5.41, 5.74) is 3.79. The first kappa shape index (κ1) is 21.5. The Bertz CT molecular complexity index is 1930. The van der Waals surface area contributed by atoms with Gasteiger partial charge >= 0.3 is 0 Å². The van der Waals surface area contributed by atoms with Gasteiger partial charge in [0.25, 0.3) is 5.56 Å². The summed E-state index contributed by atoms with van der Waals surface area (Å²) in [6.07, 6.45) is 0.517. The molecule has 0 radical (unpaired) electrons. The van der Waals surface area contributed by atoms with Crippen LogP contribution in [0.25, 0.3) is 38.9 Å². The summed E-state index contributed by atoms with van der Waals surface area (Å²) < 4.78 is 28.6. The Labute approximate surface area is 209 Å². The van der Waals surface area contributed by atoms with E-state index in [2.05, 4.69) is 0 Å².